The summed E-state index contributed by atoms with van der Waals surface area (Å²) in [6, 6.07) is 3.42. The topological polar surface area (TPSA) is 99.9 Å². The van der Waals surface area contributed by atoms with Crippen molar-refractivity contribution in [3.05, 3.63) is 43.4 Å². The zero-order valence-corrected chi connectivity index (χ0v) is 16.8. The van der Waals surface area contributed by atoms with E-state index >= 15 is 0 Å². The van der Waals surface area contributed by atoms with Crippen molar-refractivity contribution >= 4 is 35.8 Å². The van der Waals surface area contributed by atoms with Gasteiger partial charge in [0, 0.05) is 16.6 Å². The van der Waals surface area contributed by atoms with Gasteiger partial charge in [-0.1, -0.05) is 15.9 Å². The summed E-state index contributed by atoms with van der Waals surface area (Å²) in [5.74, 6) is -3.68. The third-order valence-corrected chi connectivity index (χ3v) is 4.23. The van der Waals surface area contributed by atoms with Crippen molar-refractivity contribution in [3.8, 4) is 5.75 Å². The van der Waals surface area contributed by atoms with E-state index in [4.69, 9.17) is 9.47 Å². The summed E-state index contributed by atoms with van der Waals surface area (Å²) < 4.78 is 39.4. The van der Waals surface area contributed by atoms with Gasteiger partial charge in [-0.25, -0.2) is 8.78 Å². The van der Waals surface area contributed by atoms with Crippen molar-refractivity contribution in [1.82, 2.24) is 5.32 Å². The maximum absolute atomic E-state index is 14.1. The molecule has 0 fully saturated rings. The van der Waals surface area contributed by atoms with Crippen LogP contribution in [0.3, 0.4) is 0 Å². The first-order valence-corrected chi connectivity index (χ1v) is 9.08. The van der Waals surface area contributed by atoms with E-state index in [1.165, 1.54) is 6.08 Å². The molecule has 0 saturated carbocycles. The number of hydrogen-bond donors (Lipinski definition) is 1. The van der Waals surface area contributed by atoms with E-state index in [-0.39, 0.29) is 31.9 Å². The van der Waals surface area contributed by atoms with Gasteiger partial charge < -0.3 is 19.6 Å². The molecule has 152 valence electrons. The highest BCUT2D eigenvalue weighted by Gasteiger charge is 2.43. The standard InChI is InChI=1S/C16H18BBrF2N2O6/c1-9-6-11(18)7-10-8-12(14(16(17,19)20)28-13(9)10)15(23)21-2-3-26-4-5-27-22(24)25/h6-8,14H,2-5,17H2,1H3,(H,21,23)/t14-/m0/s1. The largest absolute Gasteiger partial charge is 0.479 e. The fourth-order valence-electron chi connectivity index (χ4n) is 2.62. The van der Waals surface area contributed by atoms with Gasteiger partial charge in [0.15, 0.2) is 14.0 Å². The lowest BCUT2D eigenvalue weighted by Gasteiger charge is -2.31. The third kappa shape index (κ3) is 5.90. The number of fused-ring (bicyclic) bond motifs is 1. The lowest BCUT2D eigenvalue weighted by atomic mass is 9.85. The van der Waals surface area contributed by atoms with Crippen LogP contribution >= 0.6 is 15.9 Å². The Hall–Kier alpha value is -2.21. The van der Waals surface area contributed by atoms with Crippen LogP contribution in [-0.2, 0) is 14.4 Å². The van der Waals surface area contributed by atoms with Crippen LogP contribution in [0.4, 0.5) is 8.78 Å². The number of benzene rings is 1. The smallest absolute Gasteiger partial charge is 0.294 e. The molecule has 1 aliphatic heterocycles. The number of aryl methyl sites for hydroxylation is 1. The molecular formula is C16H18BBrF2N2O6. The van der Waals surface area contributed by atoms with Crippen molar-refractivity contribution in [2.45, 2.75) is 18.8 Å². The van der Waals surface area contributed by atoms with Gasteiger partial charge >= 0.3 is 0 Å². The Balaban J connectivity index is 2.04. The van der Waals surface area contributed by atoms with Crippen molar-refractivity contribution in [1.29, 1.82) is 0 Å². The Kier molecular flexibility index (Phi) is 7.36. The molecule has 1 aromatic carbocycles. The highest BCUT2D eigenvalue weighted by atomic mass is 79.9. The predicted octanol–water partition coefficient (Wildman–Crippen LogP) is 1.47. The highest BCUT2D eigenvalue weighted by Crippen LogP contribution is 2.38. The monoisotopic (exact) mass is 462 g/mol. The number of alkyl halides is 2. The van der Waals surface area contributed by atoms with Crippen LogP contribution in [0.2, 0.25) is 0 Å². The molecular weight excluding hydrogens is 445 g/mol. The summed E-state index contributed by atoms with van der Waals surface area (Å²) in [6.45, 7) is 1.51. The minimum atomic E-state index is -3.28. The Morgan fingerprint density at radius 2 is 2.14 bits per heavy atom. The Labute approximate surface area is 168 Å². The molecule has 8 nitrogen and oxygen atoms in total. The molecule has 1 heterocycles. The van der Waals surface area contributed by atoms with Crippen LogP contribution < -0.4 is 10.1 Å². The second-order valence-electron chi connectivity index (χ2n) is 6.12. The Morgan fingerprint density at radius 3 is 2.79 bits per heavy atom. The lowest BCUT2D eigenvalue weighted by Crippen LogP contribution is -2.46. The number of carbonyl (C=O) groups is 1. The van der Waals surface area contributed by atoms with E-state index in [0.29, 0.717) is 24.7 Å². The molecule has 0 radical (unpaired) electrons. The summed E-state index contributed by atoms with van der Waals surface area (Å²) in [6.07, 6.45) is -0.339. The first-order valence-electron chi connectivity index (χ1n) is 8.29. The van der Waals surface area contributed by atoms with E-state index in [1.54, 1.807) is 19.1 Å². The summed E-state index contributed by atoms with van der Waals surface area (Å²) in [7, 11) is 0.691. The van der Waals surface area contributed by atoms with Crippen molar-refractivity contribution in [2.24, 2.45) is 0 Å². The van der Waals surface area contributed by atoms with Crippen LogP contribution in [0.25, 0.3) is 6.08 Å². The van der Waals surface area contributed by atoms with Gasteiger partial charge in [-0.2, -0.15) is 0 Å². The fourth-order valence-corrected chi connectivity index (χ4v) is 3.21. The number of carbonyl (C=O) groups excluding carboxylic acids is 1. The van der Waals surface area contributed by atoms with Gasteiger partial charge in [-0.15, -0.1) is 10.1 Å². The number of amides is 1. The normalized spacial score (nSPS) is 15.9. The van der Waals surface area contributed by atoms with Crippen LogP contribution in [-0.4, -0.2) is 57.1 Å². The molecule has 28 heavy (non-hydrogen) atoms. The summed E-state index contributed by atoms with van der Waals surface area (Å²) >= 11 is 3.33. The van der Waals surface area contributed by atoms with E-state index in [1.807, 2.05) is 0 Å². The molecule has 0 unspecified atom stereocenters. The number of nitrogens with zero attached hydrogens (tertiary/aromatic N) is 1. The molecule has 0 aliphatic carbocycles. The summed E-state index contributed by atoms with van der Waals surface area (Å²) in [4.78, 5) is 26.5. The second kappa shape index (κ2) is 9.33. The zero-order chi connectivity index (χ0) is 20.9. The minimum Gasteiger partial charge on any atom is -0.479 e. The van der Waals surface area contributed by atoms with Gasteiger partial charge in [0.05, 0.1) is 18.8 Å². The molecule has 2 rings (SSSR count). The number of nitrogens with one attached hydrogen (secondary N) is 1. The molecule has 0 aromatic heterocycles. The molecule has 0 spiro atoms. The quantitative estimate of drug-likeness (QED) is 0.258. The van der Waals surface area contributed by atoms with Crippen LogP contribution in [0, 0.1) is 17.0 Å². The molecule has 1 aliphatic rings. The molecule has 1 aromatic rings. The van der Waals surface area contributed by atoms with Gasteiger partial charge in [0.1, 0.15) is 12.4 Å². The molecule has 1 atom stereocenters. The van der Waals surface area contributed by atoms with Crippen molar-refractivity contribution in [2.75, 3.05) is 26.4 Å². The number of halogens is 3. The maximum Gasteiger partial charge on any atom is 0.294 e. The van der Waals surface area contributed by atoms with E-state index < -0.39 is 22.9 Å². The minimum absolute atomic E-state index is 0.0288. The average Bonchev–Trinajstić information content (AvgIpc) is 2.58. The second-order valence-corrected chi connectivity index (χ2v) is 7.04. The SMILES string of the molecule is BC(F)(F)[C@H]1Oc2c(C)cc(Br)cc2C=C1C(=O)NCCOCCO[N+](=O)[O-]. The fraction of sp³-hybridized carbons (Fsp3) is 0.438. The third-order valence-electron chi connectivity index (χ3n) is 3.78. The van der Waals surface area contributed by atoms with Crippen LogP contribution in [0.5, 0.6) is 5.75 Å². The molecule has 12 heteroatoms. The molecule has 1 N–H and O–H groups in total. The summed E-state index contributed by atoms with van der Waals surface area (Å²) in [5, 5.41) is 11.5. The van der Waals surface area contributed by atoms with Crippen LogP contribution in [0.1, 0.15) is 11.1 Å². The Bertz CT molecular complexity index is 787. The number of ether oxygens (including phenoxy) is 2. The van der Waals surface area contributed by atoms with Gasteiger partial charge in [-0.05, 0) is 30.7 Å². The summed E-state index contributed by atoms with van der Waals surface area (Å²) in [5.41, 5.74) is 0.986. The molecule has 0 bridgehead atoms. The zero-order valence-electron chi connectivity index (χ0n) is 15.2. The van der Waals surface area contributed by atoms with Crippen molar-refractivity contribution in [3.63, 3.8) is 0 Å². The molecule has 0 saturated heterocycles. The van der Waals surface area contributed by atoms with E-state index in [2.05, 4.69) is 26.1 Å². The van der Waals surface area contributed by atoms with Gasteiger partial charge in [0.2, 0.25) is 5.82 Å². The Morgan fingerprint density at radius 1 is 1.43 bits per heavy atom. The van der Waals surface area contributed by atoms with E-state index in [9.17, 15) is 23.7 Å². The van der Waals surface area contributed by atoms with Crippen LogP contribution in [0.15, 0.2) is 22.2 Å². The maximum atomic E-state index is 14.1. The predicted molar refractivity (Wildman–Crippen MR) is 102 cm³/mol. The number of rotatable bonds is 9. The van der Waals surface area contributed by atoms with Gasteiger partial charge in [-0.3, -0.25) is 4.79 Å². The number of hydrogen-bond acceptors (Lipinski definition) is 6. The average molecular weight is 463 g/mol. The van der Waals surface area contributed by atoms with E-state index in [0.717, 1.165) is 4.47 Å². The first kappa shape index (κ1) is 22.1. The lowest BCUT2D eigenvalue weighted by molar-refractivity contribution is -0.758. The van der Waals surface area contributed by atoms with Crippen molar-refractivity contribution < 1.29 is 33.0 Å². The highest BCUT2D eigenvalue weighted by molar-refractivity contribution is 9.10. The first-order chi connectivity index (χ1) is 13.1. The molecule has 1 amide bonds. The van der Waals surface area contributed by atoms with Gasteiger partial charge in [0.25, 0.3) is 11.0 Å².